The zero-order chi connectivity index (χ0) is 11.5. The minimum absolute atomic E-state index is 0.667. The van der Waals surface area contributed by atoms with E-state index in [2.05, 4.69) is 4.98 Å². The van der Waals surface area contributed by atoms with E-state index < -0.39 is 0 Å². The predicted octanol–water partition coefficient (Wildman–Crippen LogP) is 3.09. The van der Waals surface area contributed by atoms with Crippen LogP contribution in [0.3, 0.4) is 0 Å². The zero-order valence-corrected chi connectivity index (χ0v) is 9.65. The van der Waals surface area contributed by atoms with Crippen LogP contribution in [0.25, 0.3) is 0 Å². The summed E-state index contributed by atoms with van der Waals surface area (Å²) in [5.41, 5.74) is 8.44. The van der Waals surface area contributed by atoms with Crippen LogP contribution in [0.1, 0.15) is 0 Å². The van der Waals surface area contributed by atoms with Gasteiger partial charge in [-0.25, -0.2) is 0 Å². The smallest absolute Gasteiger partial charge is 0.0657 e. The lowest BCUT2D eigenvalue weighted by molar-refractivity contribution is 1.18. The van der Waals surface area contributed by atoms with Gasteiger partial charge in [0.05, 0.1) is 23.3 Å². The molecule has 0 saturated heterocycles. The van der Waals surface area contributed by atoms with Crippen LogP contribution < -0.4 is 10.6 Å². The van der Waals surface area contributed by atoms with Crippen molar-refractivity contribution in [1.29, 1.82) is 0 Å². The van der Waals surface area contributed by atoms with E-state index in [1.807, 2.05) is 30.1 Å². The van der Waals surface area contributed by atoms with Crippen molar-refractivity contribution in [2.45, 2.75) is 0 Å². The largest absolute Gasteiger partial charge is 0.397 e. The molecule has 1 aromatic carbocycles. The van der Waals surface area contributed by atoms with E-state index in [1.54, 1.807) is 24.5 Å². The highest BCUT2D eigenvalue weighted by Crippen LogP contribution is 2.30. The highest BCUT2D eigenvalue weighted by atomic mass is 35.5. The van der Waals surface area contributed by atoms with Crippen LogP contribution in [0.2, 0.25) is 5.02 Å². The number of nitrogens with two attached hydrogens (primary N) is 1. The van der Waals surface area contributed by atoms with Gasteiger partial charge in [-0.15, -0.1) is 0 Å². The van der Waals surface area contributed by atoms with Gasteiger partial charge >= 0.3 is 0 Å². The lowest BCUT2D eigenvalue weighted by Gasteiger charge is -2.20. The van der Waals surface area contributed by atoms with Gasteiger partial charge in [0, 0.05) is 18.3 Å². The van der Waals surface area contributed by atoms with Crippen molar-refractivity contribution in [3.63, 3.8) is 0 Å². The van der Waals surface area contributed by atoms with E-state index in [0.29, 0.717) is 10.7 Å². The first-order valence-corrected chi connectivity index (χ1v) is 5.25. The molecule has 16 heavy (non-hydrogen) atoms. The van der Waals surface area contributed by atoms with E-state index in [4.69, 9.17) is 17.3 Å². The molecule has 0 aliphatic carbocycles. The quantitative estimate of drug-likeness (QED) is 0.811. The number of nitrogens with zero attached hydrogens (tertiary/aromatic N) is 2. The normalized spacial score (nSPS) is 10.1. The second-order valence-corrected chi connectivity index (χ2v) is 3.91. The number of pyridine rings is 1. The molecule has 1 heterocycles. The Bertz CT molecular complexity index is 485. The number of aromatic nitrogens is 1. The molecule has 0 bridgehead atoms. The molecule has 82 valence electrons. The van der Waals surface area contributed by atoms with Crippen molar-refractivity contribution in [1.82, 2.24) is 4.98 Å². The maximum absolute atomic E-state index is 5.95. The average molecular weight is 234 g/mol. The molecule has 0 aliphatic heterocycles. The molecular formula is C12H12ClN3. The lowest BCUT2D eigenvalue weighted by atomic mass is 10.2. The van der Waals surface area contributed by atoms with Crippen molar-refractivity contribution in [3.8, 4) is 0 Å². The van der Waals surface area contributed by atoms with Crippen LogP contribution in [-0.2, 0) is 0 Å². The first kappa shape index (κ1) is 10.8. The van der Waals surface area contributed by atoms with Crippen molar-refractivity contribution in [2.24, 2.45) is 0 Å². The van der Waals surface area contributed by atoms with E-state index >= 15 is 0 Å². The standard InChI is InChI=1S/C12H12ClN3/c1-16(10-3-2-6-15-8-10)12-7-9(13)4-5-11(12)14/h2-8H,14H2,1H3. The molecule has 0 atom stereocenters. The number of benzene rings is 1. The van der Waals surface area contributed by atoms with Crippen LogP contribution in [0, 0.1) is 0 Å². The SMILES string of the molecule is CN(c1cccnc1)c1cc(Cl)ccc1N. The third-order valence-corrected chi connectivity index (χ3v) is 2.62. The summed E-state index contributed by atoms with van der Waals surface area (Å²) in [6.07, 6.45) is 3.51. The average Bonchev–Trinajstić information content (AvgIpc) is 2.32. The highest BCUT2D eigenvalue weighted by molar-refractivity contribution is 6.31. The monoisotopic (exact) mass is 233 g/mol. The van der Waals surface area contributed by atoms with Crippen LogP contribution in [0.5, 0.6) is 0 Å². The predicted molar refractivity (Wildman–Crippen MR) is 68.2 cm³/mol. The fraction of sp³-hybridized carbons (Fsp3) is 0.0833. The summed E-state index contributed by atoms with van der Waals surface area (Å²) < 4.78 is 0. The molecule has 2 rings (SSSR count). The van der Waals surface area contributed by atoms with Crippen LogP contribution >= 0.6 is 11.6 Å². The molecule has 2 N–H and O–H groups in total. The second kappa shape index (κ2) is 4.41. The fourth-order valence-corrected chi connectivity index (χ4v) is 1.66. The van der Waals surface area contributed by atoms with Gasteiger partial charge in [-0.3, -0.25) is 4.98 Å². The number of halogens is 1. The summed E-state index contributed by atoms with van der Waals surface area (Å²) in [7, 11) is 1.93. The molecule has 0 saturated carbocycles. The third-order valence-electron chi connectivity index (χ3n) is 2.39. The Balaban J connectivity index is 2.41. The fourth-order valence-electron chi connectivity index (χ4n) is 1.50. The van der Waals surface area contributed by atoms with Crippen LogP contribution in [0.4, 0.5) is 17.1 Å². The maximum Gasteiger partial charge on any atom is 0.0657 e. The molecule has 0 unspecified atom stereocenters. The van der Waals surface area contributed by atoms with E-state index in [9.17, 15) is 0 Å². The molecule has 2 aromatic rings. The lowest BCUT2D eigenvalue weighted by Crippen LogP contribution is -2.11. The highest BCUT2D eigenvalue weighted by Gasteiger charge is 2.07. The molecule has 0 radical (unpaired) electrons. The van der Waals surface area contributed by atoms with Crippen molar-refractivity contribution < 1.29 is 0 Å². The second-order valence-electron chi connectivity index (χ2n) is 3.47. The minimum Gasteiger partial charge on any atom is -0.397 e. The van der Waals surface area contributed by atoms with Gasteiger partial charge in [0.1, 0.15) is 0 Å². The van der Waals surface area contributed by atoms with Crippen molar-refractivity contribution >= 4 is 28.7 Å². The Kier molecular flexibility index (Phi) is 2.97. The molecule has 1 aromatic heterocycles. The summed E-state index contributed by atoms with van der Waals surface area (Å²) in [5, 5.41) is 0.667. The topological polar surface area (TPSA) is 42.2 Å². The summed E-state index contributed by atoms with van der Waals surface area (Å²) in [4.78, 5) is 6.02. The van der Waals surface area contributed by atoms with Gasteiger partial charge < -0.3 is 10.6 Å². The molecule has 0 spiro atoms. The van der Waals surface area contributed by atoms with E-state index in [-0.39, 0.29) is 0 Å². The summed E-state index contributed by atoms with van der Waals surface area (Å²) >= 11 is 5.95. The summed E-state index contributed by atoms with van der Waals surface area (Å²) in [5.74, 6) is 0. The Morgan fingerprint density at radius 1 is 1.31 bits per heavy atom. The van der Waals surface area contributed by atoms with Crippen molar-refractivity contribution in [3.05, 3.63) is 47.7 Å². The number of rotatable bonds is 2. The van der Waals surface area contributed by atoms with Crippen LogP contribution in [0.15, 0.2) is 42.7 Å². The van der Waals surface area contributed by atoms with Gasteiger partial charge in [0.2, 0.25) is 0 Å². The first-order chi connectivity index (χ1) is 7.68. The van der Waals surface area contributed by atoms with Gasteiger partial charge in [0.25, 0.3) is 0 Å². The molecule has 0 amide bonds. The number of anilines is 3. The minimum atomic E-state index is 0.667. The van der Waals surface area contributed by atoms with Gasteiger partial charge in [-0.2, -0.15) is 0 Å². The van der Waals surface area contributed by atoms with Gasteiger partial charge in [-0.05, 0) is 30.3 Å². The number of nitrogen functional groups attached to an aromatic ring is 1. The maximum atomic E-state index is 5.95. The van der Waals surface area contributed by atoms with Crippen molar-refractivity contribution in [2.75, 3.05) is 17.7 Å². The number of hydrogen-bond acceptors (Lipinski definition) is 3. The van der Waals surface area contributed by atoms with E-state index in [1.165, 1.54) is 0 Å². The molecule has 0 fully saturated rings. The van der Waals surface area contributed by atoms with E-state index in [0.717, 1.165) is 11.4 Å². The Hall–Kier alpha value is -1.74. The summed E-state index contributed by atoms with van der Waals surface area (Å²) in [6, 6.07) is 9.26. The molecule has 0 aliphatic rings. The molecular weight excluding hydrogens is 222 g/mol. The Morgan fingerprint density at radius 3 is 2.81 bits per heavy atom. The van der Waals surface area contributed by atoms with Crippen LogP contribution in [-0.4, -0.2) is 12.0 Å². The molecule has 4 heteroatoms. The first-order valence-electron chi connectivity index (χ1n) is 4.87. The Morgan fingerprint density at radius 2 is 2.12 bits per heavy atom. The third kappa shape index (κ3) is 2.09. The summed E-state index contributed by atoms with van der Waals surface area (Å²) in [6.45, 7) is 0. The Labute approximate surface area is 99.5 Å². The van der Waals surface area contributed by atoms with Gasteiger partial charge in [-0.1, -0.05) is 11.6 Å². The molecule has 3 nitrogen and oxygen atoms in total. The number of hydrogen-bond donors (Lipinski definition) is 1. The van der Waals surface area contributed by atoms with Gasteiger partial charge in [0.15, 0.2) is 0 Å². The zero-order valence-electron chi connectivity index (χ0n) is 8.89.